The molecule has 0 spiro atoms. The Labute approximate surface area is 107 Å². The van der Waals surface area contributed by atoms with Crippen LogP contribution < -0.4 is 4.72 Å². The van der Waals surface area contributed by atoms with Gasteiger partial charge < -0.3 is 5.11 Å². The molecule has 0 aliphatic carbocycles. The lowest BCUT2D eigenvalue weighted by Crippen LogP contribution is -2.38. The molecule has 102 valence electrons. The summed E-state index contributed by atoms with van der Waals surface area (Å²) in [5.74, 6) is -0.768. The van der Waals surface area contributed by atoms with Gasteiger partial charge in [-0.1, -0.05) is 13.0 Å². The summed E-state index contributed by atoms with van der Waals surface area (Å²) >= 11 is 0. The van der Waals surface area contributed by atoms with Crippen molar-refractivity contribution < 1.29 is 17.9 Å². The van der Waals surface area contributed by atoms with E-state index in [1.54, 1.807) is 20.8 Å². The van der Waals surface area contributed by atoms with Crippen molar-refractivity contribution >= 4 is 10.0 Å². The van der Waals surface area contributed by atoms with Crippen LogP contribution in [-0.4, -0.2) is 26.2 Å². The highest BCUT2D eigenvalue weighted by Crippen LogP contribution is 2.15. The Balaban J connectivity index is 2.96. The summed E-state index contributed by atoms with van der Waals surface area (Å²) in [5, 5.41) is 8.96. The van der Waals surface area contributed by atoms with Gasteiger partial charge in [0.2, 0.25) is 10.0 Å². The first-order valence-electron chi connectivity index (χ1n) is 5.67. The number of halogens is 1. The number of aliphatic hydroxyl groups is 1. The predicted octanol–water partition coefficient (Wildman–Crippen LogP) is 1.43. The van der Waals surface area contributed by atoms with E-state index in [1.165, 1.54) is 12.1 Å². The van der Waals surface area contributed by atoms with Gasteiger partial charge in [0.05, 0.1) is 4.90 Å². The maximum atomic E-state index is 13.3. The van der Waals surface area contributed by atoms with Crippen LogP contribution in [0.5, 0.6) is 0 Å². The SMILES string of the molecule is Cc1ccc(S(=O)(=O)NC(C)C(C)CO)cc1F. The second kappa shape index (κ2) is 5.77. The van der Waals surface area contributed by atoms with E-state index >= 15 is 0 Å². The van der Waals surface area contributed by atoms with Crippen molar-refractivity contribution in [3.8, 4) is 0 Å². The molecule has 0 fully saturated rings. The third-order valence-corrected chi connectivity index (χ3v) is 4.49. The van der Waals surface area contributed by atoms with Crippen LogP contribution in [0.1, 0.15) is 19.4 Å². The molecule has 1 aromatic carbocycles. The molecule has 0 aliphatic heterocycles. The van der Waals surface area contributed by atoms with Crippen molar-refractivity contribution in [1.82, 2.24) is 4.72 Å². The molecule has 0 aliphatic rings. The summed E-state index contributed by atoms with van der Waals surface area (Å²) in [6.07, 6.45) is 0. The number of sulfonamides is 1. The van der Waals surface area contributed by atoms with Crippen molar-refractivity contribution in [1.29, 1.82) is 0 Å². The third-order valence-electron chi connectivity index (χ3n) is 2.94. The minimum Gasteiger partial charge on any atom is -0.396 e. The fourth-order valence-corrected chi connectivity index (χ4v) is 2.69. The largest absolute Gasteiger partial charge is 0.396 e. The Hall–Kier alpha value is -0.980. The minimum absolute atomic E-state index is 0.109. The summed E-state index contributed by atoms with van der Waals surface area (Å²) in [6.45, 7) is 4.83. The van der Waals surface area contributed by atoms with E-state index in [2.05, 4.69) is 4.72 Å². The molecule has 0 saturated heterocycles. The molecule has 2 unspecified atom stereocenters. The minimum atomic E-state index is -3.75. The fourth-order valence-electron chi connectivity index (χ4n) is 1.33. The molecule has 0 amide bonds. The van der Waals surface area contributed by atoms with E-state index < -0.39 is 21.9 Å². The average molecular weight is 275 g/mol. The van der Waals surface area contributed by atoms with Crippen molar-refractivity contribution in [2.75, 3.05) is 6.61 Å². The van der Waals surface area contributed by atoms with Crippen molar-refractivity contribution in [2.24, 2.45) is 5.92 Å². The van der Waals surface area contributed by atoms with Crippen LogP contribution in [-0.2, 0) is 10.0 Å². The number of rotatable bonds is 5. The molecule has 2 N–H and O–H groups in total. The van der Waals surface area contributed by atoms with Gasteiger partial charge in [0.1, 0.15) is 5.82 Å². The molecule has 1 aromatic rings. The Bertz CT molecular complexity index is 516. The molecule has 6 heteroatoms. The lowest BCUT2D eigenvalue weighted by molar-refractivity contribution is 0.216. The Kier molecular flexibility index (Phi) is 4.84. The van der Waals surface area contributed by atoms with Crippen LogP contribution >= 0.6 is 0 Å². The van der Waals surface area contributed by atoms with Crippen molar-refractivity contribution in [3.05, 3.63) is 29.6 Å². The summed E-state index contributed by atoms with van der Waals surface area (Å²) in [4.78, 5) is -0.109. The van der Waals surface area contributed by atoms with E-state index in [1.807, 2.05) is 0 Å². The lowest BCUT2D eigenvalue weighted by Gasteiger charge is -2.19. The second-order valence-electron chi connectivity index (χ2n) is 4.48. The Morgan fingerprint density at radius 2 is 2.00 bits per heavy atom. The van der Waals surface area contributed by atoms with Crippen LogP contribution in [0.3, 0.4) is 0 Å². The Morgan fingerprint density at radius 3 is 2.50 bits per heavy atom. The van der Waals surface area contributed by atoms with Crippen LogP contribution in [0.25, 0.3) is 0 Å². The molecular formula is C12H18FNO3S. The Morgan fingerprint density at radius 1 is 1.39 bits per heavy atom. The maximum absolute atomic E-state index is 13.3. The van der Waals surface area contributed by atoms with Crippen molar-refractivity contribution in [2.45, 2.75) is 31.7 Å². The predicted molar refractivity (Wildman–Crippen MR) is 67.2 cm³/mol. The zero-order chi connectivity index (χ0) is 13.9. The first-order chi connectivity index (χ1) is 8.27. The molecule has 0 bridgehead atoms. The topological polar surface area (TPSA) is 66.4 Å². The lowest BCUT2D eigenvalue weighted by atomic mass is 10.1. The quantitative estimate of drug-likeness (QED) is 0.854. The molecule has 0 aromatic heterocycles. The van der Waals surface area contributed by atoms with Gasteiger partial charge in [-0.15, -0.1) is 0 Å². The van der Waals surface area contributed by atoms with E-state index in [0.29, 0.717) is 5.56 Å². The number of aliphatic hydroxyl groups excluding tert-OH is 1. The summed E-state index contributed by atoms with van der Waals surface area (Å²) in [5.41, 5.74) is 0.394. The number of nitrogens with one attached hydrogen (secondary N) is 1. The second-order valence-corrected chi connectivity index (χ2v) is 6.19. The van der Waals surface area contributed by atoms with Crippen LogP contribution in [0.2, 0.25) is 0 Å². The maximum Gasteiger partial charge on any atom is 0.240 e. The van der Waals surface area contributed by atoms with Crippen molar-refractivity contribution in [3.63, 3.8) is 0 Å². The molecule has 2 atom stereocenters. The third kappa shape index (κ3) is 3.51. The van der Waals surface area contributed by atoms with Crippen LogP contribution in [0.15, 0.2) is 23.1 Å². The highest BCUT2D eigenvalue weighted by molar-refractivity contribution is 7.89. The molecular weight excluding hydrogens is 257 g/mol. The van der Waals surface area contributed by atoms with E-state index in [4.69, 9.17) is 5.11 Å². The van der Waals surface area contributed by atoms with Gasteiger partial charge in [-0.25, -0.2) is 17.5 Å². The van der Waals surface area contributed by atoms with Crippen LogP contribution in [0, 0.1) is 18.7 Å². The molecule has 1 rings (SSSR count). The standard InChI is InChI=1S/C12H18FNO3S/c1-8-4-5-11(6-12(8)13)18(16,17)14-10(3)9(2)7-15/h4-6,9-10,14-15H,7H2,1-3H3. The molecule has 18 heavy (non-hydrogen) atoms. The molecule has 0 heterocycles. The highest BCUT2D eigenvalue weighted by atomic mass is 32.2. The summed E-state index contributed by atoms with van der Waals surface area (Å²) in [6, 6.07) is 3.35. The first kappa shape index (κ1) is 15.1. The van der Waals surface area contributed by atoms with Gasteiger partial charge in [-0.3, -0.25) is 0 Å². The van der Waals surface area contributed by atoms with Gasteiger partial charge in [0.15, 0.2) is 0 Å². The number of hydrogen-bond acceptors (Lipinski definition) is 3. The fraction of sp³-hybridized carbons (Fsp3) is 0.500. The van der Waals surface area contributed by atoms with Gasteiger partial charge in [0.25, 0.3) is 0 Å². The van der Waals surface area contributed by atoms with Gasteiger partial charge in [0, 0.05) is 12.6 Å². The van der Waals surface area contributed by atoms with Gasteiger partial charge in [-0.05, 0) is 37.5 Å². The molecule has 0 radical (unpaired) electrons. The normalized spacial score (nSPS) is 15.4. The number of benzene rings is 1. The van der Waals surface area contributed by atoms with Gasteiger partial charge >= 0.3 is 0 Å². The van der Waals surface area contributed by atoms with Gasteiger partial charge in [-0.2, -0.15) is 0 Å². The summed E-state index contributed by atoms with van der Waals surface area (Å²) < 4.78 is 39.7. The van der Waals surface area contributed by atoms with E-state index in [-0.39, 0.29) is 17.4 Å². The zero-order valence-corrected chi connectivity index (χ0v) is 11.5. The average Bonchev–Trinajstić information content (AvgIpc) is 2.30. The monoisotopic (exact) mass is 275 g/mol. The molecule has 4 nitrogen and oxygen atoms in total. The van der Waals surface area contributed by atoms with E-state index in [0.717, 1.165) is 6.07 Å². The van der Waals surface area contributed by atoms with E-state index in [9.17, 15) is 12.8 Å². The number of aryl methyl sites for hydroxylation is 1. The summed E-state index contributed by atoms with van der Waals surface area (Å²) in [7, 11) is -3.75. The smallest absolute Gasteiger partial charge is 0.240 e. The number of hydrogen-bond donors (Lipinski definition) is 2. The molecule has 0 saturated carbocycles. The first-order valence-corrected chi connectivity index (χ1v) is 7.15. The zero-order valence-electron chi connectivity index (χ0n) is 10.6. The van der Waals surface area contributed by atoms with Crippen LogP contribution in [0.4, 0.5) is 4.39 Å². The highest BCUT2D eigenvalue weighted by Gasteiger charge is 2.21.